The van der Waals surface area contributed by atoms with E-state index >= 15 is 0 Å². The van der Waals surface area contributed by atoms with Crippen molar-refractivity contribution in [3.05, 3.63) is 0 Å². The van der Waals surface area contributed by atoms with Crippen molar-refractivity contribution >= 4 is 12.0 Å². The number of hydrogen-bond donors (Lipinski definition) is 2. The summed E-state index contributed by atoms with van der Waals surface area (Å²) in [6.45, 7) is 6.24. The maximum atomic E-state index is 11.8. The van der Waals surface area contributed by atoms with Crippen LogP contribution in [-0.4, -0.2) is 54.9 Å². The zero-order chi connectivity index (χ0) is 13.6. The van der Waals surface area contributed by atoms with Gasteiger partial charge in [-0.05, 0) is 26.7 Å². The lowest BCUT2D eigenvalue weighted by Gasteiger charge is -2.22. The Morgan fingerprint density at radius 3 is 2.50 bits per heavy atom. The Balaban J connectivity index is 2.31. The van der Waals surface area contributed by atoms with Crippen molar-refractivity contribution in [1.82, 2.24) is 10.2 Å². The molecular formula is C12H22N2O4. The third kappa shape index (κ3) is 3.87. The summed E-state index contributed by atoms with van der Waals surface area (Å²) in [5.41, 5.74) is -0.713. The second-order valence-corrected chi connectivity index (χ2v) is 4.52. The number of aliphatic carboxylic acids is 1. The van der Waals surface area contributed by atoms with Gasteiger partial charge in [0.2, 0.25) is 0 Å². The monoisotopic (exact) mass is 258 g/mol. The van der Waals surface area contributed by atoms with Crippen molar-refractivity contribution in [3.8, 4) is 0 Å². The molecule has 1 fully saturated rings. The first-order valence-electron chi connectivity index (χ1n) is 6.39. The van der Waals surface area contributed by atoms with Crippen LogP contribution in [0.3, 0.4) is 0 Å². The van der Waals surface area contributed by atoms with Crippen LogP contribution < -0.4 is 5.32 Å². The highest BCUT2D eigenvalue weighted by molar-refractivity contribution is 5.80. The van der Waals surface area contributed by atoms with E-state index < -0.39 is 11.4 Å². The van der Waals surface area contributed by atoms with Crippen molar-refractivity contribution in [2.75, 3.05) is 32.8 Å². The number of ether oxygens (including phenoxy) is 1. The maximum absolute atomic E-state index is 11.8. The molecule has 1 aliphatic carbocycles. The summed E-state index contributed by atoms with van der Waals surface area (Å²) in [5, 5.41) is 11.7. The number of urea groups is 1. The molecule has 2 amide bonds. The highest BCUT2D eigenvalue weighted by atomic mass is 16.5. The minimum atomic E-state index is -0.819. The van der Waals surface area contributed by atoms with Gasteiger partial charge in [-0.25, -0.2) is 4.79 Å². The molecule has 0 radical (unpaired) electrons. The number of hydrogen-bond acceptors (Lipinski definition) is 3. The van der Waals surface area contributed by atoms with Gasteiger partial charge >= 0.3 is 12.0 Å². The van der Waals surface area contributed by atoms with Crippen LogP contribution in [0.4, 0.5) is 4.79 Å². The number of rotatable bonds is 8. The Kier molecular flexibility index (Phi) is 5.40. The number of carboxylic acids is 1. The molecule has 0 aromatic heterocycles. The molecule has 2 N–H and O–H groups in total. The molecule has 6 heteroatoms. The molecule has 0 bridgehead atoms. The Morgan fingerprint density at radius 1 is 1.39 bits per heavy atom. The molecule has 0 atom stereocenters. The second kappa shape index (κ2) is 6.58. The number of carbonyl (C=O) groups is 2. The first kappa shape index (κ1) is 14.8. The standard InChI is InChI=1S/C12H22N2O4/c1-3-14(7-8-18-4-2)11(17)13-9-12(5-6-12)10(15)16/h3-9H2,1-2H3,(H,13,17)(H,15,16). The van der Waals surface area contributed by atoms with Crippen molar-refractivity contribution in [1.29, 1.82) is 0 Å². The van der Waals surface area contributed by atoms with E-state index in [-0.39, 0.29) is 12.6 Å². The Hall–Kier alpha value is -1.30. The van der Waals surface area contributed by atoms with Crippen LogP contribution >= 0.6 is 0 Å². The summed E-state index contributed by atoms with van der Waals surface area (Å²) in [7, 11) is 0. The van der Waals surface area contributed by atoms with E-state index in [0.29, 0.717) is 39.1 Å². The van der Waals surface area contributed by atoms with Crippen molar-refractivity contribution in [3.63, 3.8) is 0 Å². The minimum Gasteiger partial charge on any atom is -0.481 e. The average molecular weight is 258 g/mol. The molecule has 0 aliphatic heterocycles. The first-order valence-corrected chi connectivity index (χ1v) is 6.39. The summed E-state index contributed by atoms with van der Waals surface area (Å²) in [6.07, 6.45) is 1.29. The Bertz CT molecular complexity index is 302. The van der Waals surface area contributed by atoms with E-state index in [0.717, 1.165) is 0 Å². The lowest BCUT2D eigenvalue weighted by Crippen LogP contribution is -2.44. The average Bonchev–Trinajstić information content (AvgIpc) is 3.13. The number of carbonyl (C=O) groups excluding carboxylic acids is 1. The number of nitrogens with one attached hydrogen (secondary N) is 1. The van der Waals surface area contributed by atoms with Gasteiger partial charge in [0.05, 0.1) is 12.0 Å². The number of nitrogens with zero attached hydrogens (tertiary/aromatic N) is 1. The number of likely N-dealkylation sites (N-methyl/N-ethyl adjacent to an activating group) is 1. The molecule has 1 aliphatic rings. The van der Waals surface area contributed by atoms with Crippen LogP contribution in [0.5, 0.6) is 0 Å². The third-order valence-corrected chi connectivity index (χ3v) is 3.26. The fourth-order valence-electron chi connectivity index (χ4n) is 1.70. The van der Waals surface area contributed by atoms with Gasteiger partial charge in [0.1, 0.15) is 0 Å². The molecule has 6 nitrogen and oxygen atoms in total. The lowest BCUT2D eigenvalue weighted by molar-refractivity contribution is -0.143. The van der Waals surface area contributed by atoms with Crippen LogP contribution in [0.15, 0.2) is 0 Å². The van der Waals surface area contributed by atoms with E-state index in [1.165, 1.54) is 0 Å². The third-order valence-electron chi connectivity index (χ3n) is 3.26. The molecule has 1 rings (SSSR count). The zero-order valence-corrected chi connectivity index (χ0v) is 11.1. The normalized spacial score (nSPS) is 16.1. The van der Waals surface area contributed by atoms with Crippen molar-refractivity contribution in [2.45, 2.75) is 26.7 Å². The zero-order valence-electron chi connectivity index (χ0n) is 11.1. The summed E-state index contributed by atoms with van der Waals surface area (Å²) < 4.78 is 5.20. The minimum absolute atomic E-state index is 0.215. The Labute approximate surface area is 107 Å². The number of amides is 2. The lowest BCUT2D eigenvalue weighted by atomic mass is 10.1. The summed E-state index contributed by atoms with van der Waals surface area (Å²) >= 11 is 0. The van der Waals surface area contributed by atoms with Gasteiger partial charge in [0.25, 0.3) is 0 Å². The molecule has 0 saturated heterocycles. The van der Waals surface area contributed by atoms with Crippen LogP contribution in [0.25, 0.3) is 0 Å². The highest BCUT2D eigenvalue weighted by Crippen LogP contribution is 2.45. The van der Waals surface area contributed by atoms with E-state index in [1.54, 1.807) is 4.90 Å². The van der Waals surface area contributed by atoms with E-state index in [1.807, 2.05) is 13.8 Å². The van der Waals surface area contributed by atoms with Crippen molar-refractivity contribution in [2.24, 2.45) is 5.41 Å². The van der Waals surface area contributed by atoms with Gasteiger partial charge in [-0.1, -0.05) is 0 Å². The molecule has 0 aromatic carbocycles. The van der Waals surface area contributed by atoms with Gasteiger partial charge in [0.15, 0.2) is 0 Å². The second-order valence-electron chi connectivity index (χ2n) is 4.52. The largest absolute Gasteiger partial charge is 0.481 e. The summed E-state index contributed by atoms with van der Waals surface area (Å²) in [6, 6.07) is -0.218. The van der Waals surface area contributed by atoms with E-state index in [2.05, 4.69) is 5.32 Å². The van der Waals surface area contributed by atoms with Crippen molar-refractivity contribution < 1.29 is 19.4 Å². The molecule has 18 heavy (non-hydrogen) atoms. The maximum Gasteiger partial charge on any atom is 0.317 e. The fourth-order valence-corrected chi connectivity index (χ4v) is 1.70. The summed E-state index contributed by atoms with van der Waals surface area (Å²) in [4.78, 5) is 24.4. The van der Waals surface area contributed by atoms with E-state index in [4.69, 9.17) is 9.84 Å². The van der Waals surface area contributed by atoms with E-state index in [9.17, 15) is 9.59 Å². The van der Waals surface area contributed by atoms with Crippen LogP contribution in [0, 0.1) is 5.41 Å². The number of carboxylic acid groups (broad SMARTS) is 1. The fraction of sp³-hybridized carbons (Fsp3) is 0.833. The molecule has 104 valence electrons. The molecule has 0 spiro atoms. The first-order chi connectivity index (χ1) is 8.55. The van der Waals surface area contributed by atoms with Gasteiger partial charge in [-0.3, -0.25) is 4.79 Å². The van der Waals surface area contributed by atoms with Gasteiger partial charge < -0.3 is 20.1 Å². The predicted molar refractivity (Wildman–Crippen MR) is 66.4 cm³/mol. The molecule has 1 saturated carbocycles. The van der Waals surface area contributed by atoms with Crippen LogP contribution in [-0.2, 0) is 9.53 Å². The molecule has 0 aromatic rings. The topological polar surface area (TPSA) is 78.9 Å². The molecular weight excluding hydrogens is 236 g/mol. The van der Waals surface area contributed by atoms with Gasteiger partial charge in [-0.2, -0.15) is 0 Å². The Morgan fingerprint density at radius 2 is 2.06 bits per heavy atom. The predicted octanol–water partition coefficient (Wildman–Crippen LogP) is 0.919. The van der Waals surface area contributed by atoms with Gasteiger partial charge in [-0.15, -0.1) is 0 Å². The highest BCUT2D eigenvalue weighted by Gasteiger charge is 2.50. The quantitative estimate of drug-likeness (QED) is 0.634. The van der Waals surface area contributed by atoms with Gasteiger partial charge in [0, 0.05) is 26.2 Å². The van der Waals surface area contributed by atoms with Crippen LogP contribution in [0.2, 0.25) is 0 Å². The molecule has 0 unspecified atom stereocenters. The molecule has 0 heterocycles. The summed E-state index contributed by atoms with van der Waals surface area (Å²) in [5.74, 6) is -0.819. The smallest absolute Gasteiger partial charge is 0.317 e. The SMILES string of the molecule is CCOCCN(CC)C(=O)NCC1(C(=O)O)CC1. The van der Waals surface area contributed by atoms with Crippen LogP contribution in [0.1, 0.15) is 26.7 Å².